The summed E-state index contributed by atoms with van der Waals surface area (Å²) < 4.78 is 5.24. The van der Waals surface area contributed by atoms with Crippen LogP contribution in [0.5, 0.6) is 5.75 Å². The number of aromatic nitrogens is 2. The van der Waals surface area contributed by atoms with Crippen molar-refractivity contribution in [2.75, 3.05) is 35.7 Å². The lowest BCUT2D eigenvalue weighted by Crippen LogP contribution is -2.21. The number of anilines is 4. The van der Waals surface area contributed by atoms with E-state index in [1.807, 2.05) is 24.3 Å². The lowest BCUT2D eigenvalue weighted by molar-refractivity contribution is 0.102. The van der Waals surface area contributed by atoms with Gasteiger partial charge in [0.05, 0.1) is 25.2 Å². The van der Waals surface area contributed by atoms with Crippen molar-refractivity contribution in [1.82, 2.24) is 9.97 Å². The summed E-state index contributed by atoms with van der Waals surface area (Å²) in [5.41, 5.74) is 2.88. The Labute approximate surface area is 170 Å². The van der Waals surface area contributed by atoms with E-state index in [1.54, 1.807) is 19.2 Å². The summed E-state index contributed by atoms with van der Waals surface area (Å²) >= 11 is 0. The molecule has 0 atom stereocenters. The smallest absolute Gasteiger partial charge is 0.275 e. The molecular weight excluding hydrogens is 366 g/mol. The molecule has 0 fully saturated rings. The van der Waals surface area contributed by atoms with Gasteiger partial charge in [0, 0.05) is 24.5 Å². The number of nitrogens with zero attached hydrogens (tertiary/aromatic N) is 3. The first-order chi connectivity index (χ1) is 14.1. The first-order valence-electron chi connectivity index (χ1n) is 9.53. The molecule has 7 heteroatoms. The number of methoxy groups -OCH3 is 1. The van der Waals surface area contributed by atoms with Gasteiger partial charge < -0.3 is 20.3 Å². The summed E-state index contributed by atoms with van der Waals surface area (Å²) in [5, 5.41) is 5.98. The zero-order valence-electron chi connectivity index (χ0n) is 16.8. The van der Waals surface area contributed by atoms with Gasteiger partial charge in [0.2, 0.25) is 0 Å². The Morgan fingerprint density at radius 1 is 1.00 bits per heavy atom. The van der Waals surface area contributed by atoms with Crippen molar-refractivity contribution in [2.24, 2.45) is 0 Å². The molecule has 0 saturated heterocycles. The van der Waals surface area contributed by atoms with Crippen LogP contribution in [0.1, 0.15) is 24.3 Å². The van der Waals surface area contributed by atoms with Crippen molar-refractivity contribution in [2.45, 2.75) is 13.8 Å². The molecule has 0 saturated carbocycles. The number of rotatable bonds is 8. The van der Waals surface area contributed by atoms with Crippen molar-refractivity contribution >= 4 is 28.8 Å². The summed E-state index contributed by atoms with van der Waals surface area (Å²) in [6.07, 6.45) is 2.98. The summed E-state index contributed by atoms with van der Waals surface area (Å²) in [6, 6.07) is 15.3. The minimum Gasteiger partial charge on any atom is -0.495 e. The summed E-state index contributed by atoms with van der Waals surface area (Å²) in [6.45, 7) is 6.20. The van der Waals surface area contributed by atoms with Crippen LogP contribution in [0, 0.1) is 0 Å². The number of hydrogen-bond donors (Lipinski definition) is 2. The summed E-state index contributed by atoms with van der Waals surface area (Å²) in [7, 11) is 1.56. The Morgan fingerprint density at radius 2 is 1.72 bits per heavy atom. The van der Waals surface area contributed by atoms with Gasteiger partial charge in [-0.2, -0.15) is 0 Å². The van der Waals surface area contributed by atoms with Crippen molar-refractivity contribution in [1.29, 1.82) is 0 Å². The molecule has 1 aromatic heterocycles. The highest BCUT2D eigenvalue weighted by atomic mass is 16.5. The highest BCUT2D eigenvalue weighted by Gasteiger charge is 2.11. The van der Waals surface area contributed by atoms with E-state index in [-0.39, 0.29) is 11.6 Å². The van der Waals surface area contributed by atoms with Crippen molar-refractivity contribution < 1.29 is 9.53 Å². The van der Waals surface area contributed by atoms with Crippen LogP contribution in [0.25, 0.3) is 0 Å². The van der Waals surface area contributed by atoms with Crippen LogP contribution < -0.4 is 20.3 Å². The second-order valence-corrected chi connectivity index (χ2v) is 6.29. The molecular formula is C22H25N5O2. The van der Waals surface area contributed by atoms with E-state index >= 15 is 0 Å². The van der Waals surface area contributed by atoms with Gasteiger partial charge in [0.1, 0.15) is 17.3 Å². The number of benzene rings is 2. The lowest BCUT2D eigenvalue weighted by atomic mass is 10.2. The maximum Gasteiger partial charge on any atom is 0.275 e. The van der Waals surface area contributed by atoms with Gasteiger partial charge in [0.15, 0.2) is 0 Å². The third-order valence-corrected chi connectivity index (χ3v) is 4.51. The maximum atomic E-state index is 12.4. The molecule has 2 aromatic carbocycles. The van der Waals surface area contributed by atoms with Crippen molar-refractivity contribution in [3.8, 4) is 5.75 Å². The molecule has 0 spiro atoms. The van der Waals surface area contributed by atoms with Crippen molar-refractivity contribution in [3.05, 3.63) is 66.6 Å². The molecule has 1 heterocycles. The van der Waals surface area contributed by atoms with Crippen LogP contribution >= 0.6 is 0 Å². The van der Waals surface area contributed by atoms with Gasteiger partial charge >= 0.3 is 0 Å². The minimum atomic E-state index is -0.350. The van der Waals surface area contributed by atoms with Crippen molar-refractivity contribution in [3.63, 3.8) is 0 Å². The van der Waals surface area contributed by atoms with E-state index in [2.05, 4.69) is 51.5 Å². The number of ether oxygens (including phenoxy) is 1. The number of carbonyl (C=O) groups excluding carboxylic acids is 1. The zero-order valence-corrected chi connectivity index (χ0v) is 16.8. The average molecular weight is 391 g/mol. The fourth-order valence-corrected chi connectivity index (χ4v) is 2.94. The fraction of sp³-hybridized carbons (Fsp3) is 0.227. The summed E-state index contributed by atoms with van der Waals surface area (Å²) in [4.78, 5) is 23.2. The first-order valence-corrected chi connectivity index (χ1v) is 9.53. The highest BCUT2D eigenvalue weighted by molar-refractivity contribution is 6.03. The fourth-order valence-electron chi connectivity index (χ4n) is 2.94. The van der Waals surface area contributed by atoms with Gasteiger partial charge in [0.25, 0.3) is 5.91 Å². The van der Waals surface area contributed by atoms with Gasteiger partial charge in [-0.15, -0.1) is 0 Å². The minimum absolute atomic E-state index is 0.221. The van der Waals surface area contributed by atoms with Crippen LogP contribution in [0.4, 0.5) is 22.9 Å². The Balaban J connectivity index is 1.64. The van der Waals surface area contributed by atoms with Crippen LogP contribution in [-0.4, -0.2) is 36.1 Å². The lowest BCUT2D eigenvalue weighted by Gasteiger charge is -2.21. The number of hydrogen-bond acceptors (Lipinski definition) is 6. The molecule has 0 aliphatic carbocycles. The number of para-hydroxylation sites is 2. The van der Waals surface area contributed by atoms with E-state index in [4.69, 9.17) is 4.74 Å². The predicted molar refractivity (Wildman–Crippen MR) is 116 cm³/mol. The molecule has 7 nitrogen and oxygen atoms in total. The molecule has 150 valence electrons. The molecule has 3 rings (SSSR count). The Morgan fingerprint density at radius 3 is 2.34 bits per heavy atom. The van der Waals surface area contributed by atoms with E-state index in [1.165, 1.54) is 18.1 Å². The number of nitrogens with one attached hydrogen (secondary N) is 2. The Bertz CT molecular complexity index is 938. The van der Waals surface area contributed by atoms with E-state index in [0.29, 0.717) is 17.3 Å². The maximum absolute atomic E-state index is 12.4. The second kappa shape index (κ2) is 9.54. The van der Waals surface area contributed by atoms with Crippen LogP contribution in [0.3, 0.4) is 0 Å². The highest BCUT2D eigenvalue weighted by Crippen LogP contribution is 2.24. The molecule has 0 aliphatic rings. The topological polar surface area (TPSA) is 79.4 Å². The molecule has 0 aliphatic heterocycles. The monoisotopic (exact) mass is 391 g/mol. The standard InChI is InChI=1S/C22H25N5O2/c1-4-27(5-2)17-12-10-16(11-13-17)25-21-15-23-19(14-24-21)22(28)26-18-8-6-7-9-20(18)29-3/h6-15H,4-5H2,1-3H3,(H,24,25)(H,26,28). The number of amides is 1. The van der Waals surface area contributed by atoms with Gasteiger partial charge in [-0.1, -0.05) is 12.1 Å². The van der Waals surface area contributed by atoms with Crippen LogP contribution in [0.2, 0.25) is 0 Å². The van der Waals surface area contributed by atoms with Crippen LogP contribution in [0.15, 0.2) is 60.9 Å². The second-order valence-electron chi connectivity index (χ2n) is 6.29. The molecule has 1 amide bonds. The normalized spacial score (nSPS) is 10.3. The first kappa shape index (κ1) is 20.1. The van der Waals surface area contributed by atoms with E-state index < -0.39 is 0 Å². The Hall–Kier alpha value is -3.61. The molecule has 2 N–H and O–H groups in total. The van der Waals surface area contributed by atoms with Gasteiger partial charge in [-0.05, 0) is 50.2 Å². The van der Waals surface area contributed by atoms with Gasteiger partial charge in [-0.25, -0.2) is 9.97 Å². The molecule has 0 bridgehead atoms. The molecule has 0 unspecified atom stereocenters. The summed E-state index contributed by atoms with van der Waals surface area (Å²) in [5.74, 6) is 0.798. The number of carbonyl (C=O) groups is 1. The largest absolute Gasteiger partial charge is 0.495 e. The van der Waals surface area contributed by atoms with E-state index in [9.17, 15) is 4.79 Å². The Kier molecular flexibility index (Phi) is 6.63. The predicted octanol–water partition coefficient (Wildman–Crippen LogP) is 4.33. The van der Waals surface area contributed by atoms with E-state index in [0.717, 1.165) is 18.8 Å². The average Bonchev–Trinajstić information content (AvgIpc) is 2.76. The molecule has 3 aromatic rings. The van der Waals surface area contributed by atoms with Crippen LogP contribution in [-0.2, 0) is 0 Å². The molecule has 29 heavy (non-hydrogen) atoms. The third kappa shape index (κ3) is 5.01. The quantitative estimate of drug-likeness (QED) is 0.595. The third-order valence-electron chi connectivity index (χ3n) is 4.51. The van der Waals surface area contributed by atoms with Gasteiger partial charge in [-0.3, -0.25) is 4.79 Å². The zero-order chi connectivity index (χ0) is 20.6. The molecule has 0 radical (unpaired) electrons. The SMILES string of the molecule is CCN(CC)c1ccc(Nc2cnc(C(=O)Nc3ccccc3OC)cn2)cc1.